The second kappa shape index (κ2) is 6.39. The highest BCUT2D eigenvalue weighted by Gasteiger charge is 2.08. The molecule has 2 aromatic rings. The molecular formula is C12H8Cl4O2. The van der Waals surface area contributed by atoms with Crippen molar-refractivity contribution in [1.29, 1.82) is 0 Å². The lowest BCUT2D eigenvalue weighted by Crippen LogP contribution is -1.86. The summed E-state index contributed by atoms with van der Waals surface area (Å²) in [5, 5.41) is 10.9. The van der Waals surface area contributed by atoms with E-state index in [1.165, 1.54) is 6.07 Å². The summed E-state index contributed by atoms with van der Waals surface area (Å²) in [5.41, 5.74) is 0. The Morgan fingerprint density at radius 2 is 1.39 bits per heavy atom. The lowest BCUT2D eigenvalue weighted by atomic mass is 10.3. The lowest BCUT2D eigenvalue weighted by molar-refractivity contribution is 0.411. The van der Waals surface area contributed by atoms with Crippen molar-refractivity contribution in [3.05, 3.63) is 51.5 Å². The quantitative estimate of drug-likeness (QED) is 0.782. The van der Waals surface area contributed by atoms with E-state index >= 15 is 0 Å². The summed E-state index contributed by atoms with van der Waals surface area (Å²) in [7, 11) is 0. The number of benzene rings is 2. The fraction of sp³-hybridized carbons (Fsp3) is 0. The third-order valence-electron chi connectivity index (χ3n) is 2.03. The van der Waals surface area contributed by atoms with Gasteiger partial charge < -0.3 is 9.84 Å². The maximum absolute atomic E-state index is 9.62. The van der Waals surface area contributed by atoms with E-state index in [1.54, 1.807) is 30.3 Å². The molecule has 0 radical (unpaired) electrons. The van der Waals surface area contributed by atoms with Crippen molar-refractivity contribution in [2.45, 2.75) is 0 Å². The number of phenols is 1. The molecule has 0 saturated heterocycles. The fourth-order valence-corrected chi connectivity index (χ4v) is 1.87. The molecule has 0 amide bonds. The number of hydrogen-bond donors (Lipinski definition) is 1. The third-order valence-corrected chi connectivity index (χ3v) is 2.80. The van der Waals surface area contributed by atoms with Gasteiger partial charge in [-0.2, -0.15) is 0 Å². The predicted octanol–water partition coefficient (Wildman–Crippen LogP) is 5.57. The summed E-state index contributed by atoms with van der Waals surface area (Å²) in [6.45, 7) is 0. The summed E-state index contributed by atoms with van der Waals surface area (Å²) in [6.07, 6.45) is 0. The Balaban J connectivity index is 0.00000162. The molecule has 0 saturated carbocycles. The first-order valence-corrected chi connectivity index (χ1v) is 5.81. The Labute approximate surface area is 125 Å². The molecular weight excluding hydrogens is 318 g/mol. The average molecular weight is 326 g/mol. The van der Waals surface area contributed by atoms with Gasteiger partial charge in [-0.15, -0.1) is 12.4 Å². The van der Waals surface area contributed by atoms with Crippen LogP contribution >= 0.6 is 47.2 Å². The Morgan fingerprint density at radius 3 is 1.94 bits per heavy atom. The van der Waals surface area contributed by atoms with Crippen LogP contribution in [0.25, 0.3) is 0 Å². The molecule has 0 aliphatic carbocycles. The first-order chi connectivity index (χ1) is 8.06. The van der Waals surface area contributed by atoms with Gasteiger partial charge in [0.2, 0.25) is 0 Å². The minimum Gasteiger partial charge on any atom is -0.504 e. The number of ether oxygens (including phenoxy) is 1. The molecule has 0 heterocycles. The van der Waals surface area contributed by atoms with Gasteiger partial charge in [0.05, 0.1) is 5.02 Å². The maximum atomic E-state index is 9.62. The van der Waals surface area contributed by atoms with Crippen LogP contribution in [0.5, 0.6) is 17.2 Å². The van der Waals surface area contributed by atoms with Gasteiger partial charge in [-0.05, 0) is 30.3 Å². The highest BCUT2D eigenvalue weighted by molar-refractivity contribution is 6.35. The summed E-state index contributed by atoms with van der Waals surface area (Å²) in [5.74, 6) is 0.635. The molecule has 0 aliphatic rings. The van der Waals surface area contributed by atoms with Crippen molar-refractivity contribution < 1.29 is 9.84 Å². The Kier molecular flexibility index (Phi) is 5.42. The zero-order chi connectivity index (χ0) is 12.4. The second-order valence-corrected chi connectivity index (χ2v) is 4.57. The van der Waals surface area contributed by atoms with Crippen molar-refractivity contribution in [2.24, 2.45) is 0 Å². The number of aromatic hydroxyl groups is 1. The van der Waals surface area contributed by atoms with E-state index in [2.05, 4.69) is 0 Å². The fourth-order valence-electron chi connectivity index (χ4n) is 1.25. The highest BCUT2D eigenvalue weighted by atomic mass is 35.5. The van der Waals surface area contributed by atoms with E-state index in [1.807, 2.05) is 0 Å². The molecule has 0 bridgehead atoms. The van der Waals surface area contributed by atoms with E-state index < -0.39 is 0 Å². The van der Waals surface area contributed by atoms with E-state index in [-0.39, 0.29) is 23.9 Å². The molecule has 2 nitrogen and oxygen atoms in total. The van der Waals surface area contributed by atoms with Gasteiger partial charge in [0.25, 0.3) is 0 Å². The van der Waals surface area contributed by atoms with Crippen LogP contribution in [-0.2, 0) is 0 Å². The molecule has 0 unspecified atom stereocenters. The van der Waals surface area contributed by atoms with Gasteiger partial charge >= 0.3 is 0 Å². The standard InChI is InChI=1S/C12H7Cl3O2.ClH/c13-7-1-3-11(9(15)5-7)17-12-4-2-8(14)6-10(12)16;/h1-6,16H;1H. The number of phenolic OH excluding ortho intramolecular Hbond substituents is 1. The number of hydrogen-bond acceptors (Lipinski definition) is 2. The van der Waals surface area contributed by atoms with Gasteiger partial charge in [-0.25, -0.2) is 0 Å². The van der Waals surface area contributed by atoms with Crippen LogP contribution in [0.15, 0.2) is 36.4 Å². The van der Waals surface area contributed by atoms with Gasteiger partial charge in [0.15, 0.2) is 11.5 Å². The summed E-state index contributed by atoms with van der Waals surface area (Å²) >= 11 is 17.4. The Bertz CT molecular complexity index is 508. The Hall–Kier alpha value is -0.800. The number of rotatable bonds is 2. The third kappa shape index (κ3) is 3.59. The van der Waals surface area contributed by atoms with Crippen LogP contribution in [0, 0.1) is 0 Å². The molecule has 2 rings (SSSR count). The number of halogens is 4. The zero-order valence-electron chi connectivity index (χ0n) is 8.86. The van der Waals surface area contributed by atoms with E-state index in [4.69, 9.17) is 39.5 Å². The van der Waals surface area contributed by atoms with Crippen LogP contribution in [-0.4, -0.2) is 5.11 Å². The molecule has 0 atom stereocenters. The van der Waals surface area contributed by atoms with Gasteiger partial charge in [0.1, 0.15) is 5.75 Å². The maximum Gasteiger partial charge on any atom is 0.169 e. The van der Waals surface area contributed by atoms with Gasteiger partial charge in [0, 0.05) is 16.1 Å². The van der Waals surface area contributed by atoms with Gasteiger partial charge in [-0.1, -0.05) is 34.8 Å². The van der Waals surface area contributed by atoms with Gasteiger partial charge in [-0.3, -0.25) is 0 Å². The molecule has 0 spiro atoms. The lowest BCUT2D eigenvalue weighted by Gasteiger charge is -2.09. The summed E-state index contributed by atoms with van der Waals surface area (Å²) in [6, 6.07) is 9.39. The molecule has 0 aliphatic heterocycles. The van der Waals surface area contributed by atoms with Crippen molar-refractivity contribution in [2.75, 3.05) is 0 Å². The molecule has 6 heteroatoms. The van der Waals surface area contributed by atoms with Crippen LogP contribution in [0.3, 0.4) is 0 Å². The topological polar surface area (TPSA) is 29.5 Å². The molecule has 2 aromatic carbocycles. The molecule has 0 aromatic heterocycles. The molecule has 18 heavy (non-hydrogen) atoms. The largest absolute Gasteiger partial charge is 0.504 e. The van der Waals surface area contributed by atoms with E-state index in [0.717, 1.165) is 0 Å². The smallest absolute Gasteiger partial charge is 0.169 e. The SMILES string of the molecule is Cl.Oc1cc(Cl)ccc1Oc1ccc(Cl)cc1Cl. The summed E-state index contributed by atoms with van der Waals surface area (Å²) in [4.78, 5) is 0. The molecule has 96 valence electrons. The van der Waals surface area contributed by atoms with Crippen molar-refractivity contribution in [1.82, 2.24) is 0 Å². The van der Waals surface area contributed by atoms with Crippen LogP contribution in [0.2, 0.25) is 15.1 Å². The second-order valence-electron chi connectivity index (χ2n) is 3.29. The van der Waals surface area contributed by atoms with E-state index in [0.29, 0.717) is 20.8 Å². The first kappa shape index (κ1) is 15.3. The summed E-state index contributed by atoms with van der Waals surface area (Å²) < 4.78 is 5.45. The van der Waals surface area contributed by atoms with Crippen molar-refractivity contribution >= 4 is 47.2 Å². The van der Waals surface area contributed by atoms with Crippen LogP contribution in [0.4, 0.5) is 0 Å². The molecule has 0 fully saturated rings. The predicted molar refractivity (Wildman–Crippen MR) is 76.9 cm³/mol. The van der Waals surface area contributed by atoms with E-state index in [9.17, 15) is 5.11 Å². The monoisotopic (exact) mass is 324 g/mol. The first-order valence-electron chi connectivity index (χ1n) is 4.67. The van der Waals surface area contributed by atoms with Crippen molar-refractivity contribution in [3.63, 3.8) is 0 Å². The van der Waals surface area contributed by atoms with Crippen LogP contribution < -0.4 is 4.74 Å². The minimum absolute atomic E-state index is 0. The highest BCUT2D eigenvalue weighted by Crippen LogP contribution is 2.36. The minimum atomic E-state index is -0.0523. The normalized spacial score (nSPS) is 9.72. The van der Waals surface area contributed by atoms with Crippen LogP contribution in [0.1, 0.15) is 0 Å². The van der Waals surface area contributed by atoms with Crippen molar-refractivity contribution in [3.8, 4) is 17.2 Å². The Morgan fingerprint density at radius 1 is 0.833 bits per heavy atom. The zero-order valence-corrected chi connectivity index (χ0v) is 11.9. The molecule has 1 N–H and O–H groups in total. The average Bonchev–Trinajstić information content (AvgIpc) is 2.25.